The molecule has 0 spiro atoms. The van der Waals surface area contributed by atoms with E-state index in [1.54, 1.807) is 16.2 Å². The van der Waals surface area contributed by atoms with E-state index in [4.69, 9.17) is 4.74 Å². The van der Waals surface area contributed by atoms with Gasteiger partial charge < -0.3 is 9.64 Å². The molecule has 0 fully saturated rings. The third-order valence-electron chi connectivity index (χ3n) is 2.67. The van der Waals surface area contributed by atoms with E-state index < -0.39 is 0 Å². The molecule has 1 aromatic rings. The summed E-state index contributed by atoms with van der Waals surface area (Å²) in [6, 6.07) is 4.34. The molecule has 17 heavy (non-hydrogen) atoms. The Labute approximate surface area is 107 Å². The van der Waals surface area contributed by atoms with E-state index in [0.29, 0.717) is 0 Å². The zero-order valence-electron chi connectivity index (χ0n) is 11.0. The fraction of sp³-hybridized carbons (Fsp3) is 0.615. The van der Waals surface area contributed by atoms with Crippen molar-refractivity contribution < 1.29 is 9.53 Å². The average Bonchev–Trinajstić information content (AvgIpc) is 2.77. The molecule has 0 aliphatic carbocycles. The zero-order chi connectivity index (χ0) is 12.8. The van der Waals surface area contributed by atoms with E-state index in [9.17, 15) is 4.79 Å². The van der Waals surface area contributed by atoms with Crippen molar-refractivity contribution in [3.8, 4) is 0 Å². The predicted octanol–water partition coefficient (Wildman–Crippen LogP) is 2.56. The SMILES string of the molecule is CC(C)OCC(=O)N(C)C(C)Cc1cccs1. The molecule has 1 amide bonds. The molecule has 1 aromatic heterocycles. The lowest BCUT2D eigenvalue weighted by molar-refractivity contribution is -0.138. The molecule has 96 valence electrons. The monoisotopic (exact) mass is 255 g/mol. The molecule has 0 aliphatic rings. The van der Waals surface area contributed by atoms with Crippen LogP contribution in [0.1, 0.15) is 25.6 Å². The van der Waals surface area contributed by atoms with Crippen LogP contribution in [0.5, 0.6) is 0 Å². The second-order valence-electron chi connectivity index (χ2n) is 4.50. The largest absolute Gasteiger partial charge is 0.369 e. The molecule has 4 heteroatoms. The minimum atomic E-state index is 0.0442. The number of thiophene rings is 1. The maximum Gasteiger partial charge on any atom is 0.248 e. The molecule has 0 N–H and O–H groups in total. The first-order valence-corrected chi connectivity index (χ1v) is 6.78. The molecule has 0 bridgehead atoms. The van der Waals surface area contributed by atoms with Gasteiger partial charge in [-0.15, -0.1) is 11.3 Å². The molecule has 0 saturated heterocycles. The first-order chi connectivity index (χ1) is 8.00. The van der Waals surface area contributed by atoms with Crippen molar-refractivity contribution >= 4 is 17.2 Å². The summed E-state index contributed by atoms with van der Waals surface area (Å²) < 4.78 is 5.32. The first-order valence-electron chi connectivity index (χ1n) is 5.90. The van der Waals surface area contributed by atoms with Crippen molar-refractivity contribution in [2.75, 3.05) is 13.7 Å². The number of carbonyl (C=O) groups is 1. The van der Waals surface area contributed by atoms with Crippen LogP contribution in [0, 0.1) is 0 Å². The fourth-order valence-electron chi connectivity index (χ4n) is 1.44. The Bertz CT molecular complexity index is 335. The molecule has 0 radical (unpaired) electrons. The summed E-state index contributed by atoms with van der Waals surface area (Å²) in [5.74, 6) is 0.0442. The minimum Gasteiger partial charge on any atom is -0.369 e. The summed E-state index contributed by atoms with van der Waals surface area (Å²) in [6.07, 6.45) is 1.00. The number of nitrogens with zero attached hydrogens (tertiary/aromatic N) is 1. The molecule has 1 heterocycles. The van der Waals surface area contributed by atoms with Gasteiger partial charge in [0.05, 0.1) is 6.10 Å². The number of amides is 1. The number of hydrogen-bond donors (Lipinski definition) is 0. The van der Waals surface area contributed by atoms with Gasteiger partial charge in [0.25, 0.3) is 0 Å². The molecule has 1 rings (SSSR count). The van der Waals surface area contributed by atoms with E-state index in [2.05, 4.69) is 18.4 Å². The van der Waals surface area contributed by atoms with Crippen LogP contribution >= 0.6 is 11.3 Å². The van der Waals surface area contributed by atoms with Crippen LogP contribution in [0.25, 0.3) is 0 Å². The first kappa shape index (κ1) is 14.2. The third-order valence-corrected chi connectivity index (χ3v) is 3.57. The lowest BCUT2D eigenvalue weighted by Crippen LogP contribution is -2.39. The Morgan fingerprint density at radius 1 is 1.47 bits per heavy atom. The van der Waals surface area contributed by atoms with Crippen molar-refractivity contribution in [3.63, 3.8) is 0 Å². The second kappa shape index (κ2) is 6.77. The fourth-order valence-corrected chi connectivity index (χ4v) is 2.27. The molecular formula is C13H21NO2S. The number of rotatable bonds is 6. The topological polar surface area (TPSA) is 29.5 Å². The summed E-state index contributed by atoms with van der Waals surface area (Å²) in [6.45, 7) is 6.10. The molecule has 0 aliphatic heterocycles. The van der Waals surface area contributed by atoms with Gasteiger partial charge in [0.1, 0.15) is 6.61 Å². The van der Waals surface area contributed by atoms with Crippen molar-refractivity contribution in [1.82, 2.24) is 4.90 Å². The molecule has 3 nitrogen and oxygen atoms in total. The van der Waals surface area contributed by atoms with E-state index in [-0.39, 0.29) is 24.7 Å². The molecule has 0 aromatic carbocycles. The van der Waals surface area contributed by atoms with Crippen molar-refractivity contribution in [2.24, 2.45) is 0 Å². The van der Waals surface area contributed by atoms with Crippen molar-refractivity contribution in [2.45, 2.75) is 39.3 Å². The number of hydrogen-bond acceptors (Lipinski definition) is 3. The van der Waals surface area contributed by atoms with Gasteiger partial charge in [0.15, 0.2) is 0 Å². The van der Waals surface area contributed by atoms with Gasteiger partial charge in [-0.1, -0.05) is 6.07 Å². The third kappa shape index (κ3) is 4.88. The number of likely N-dealkylation sites (N-methyl/N-ethyl adjacent to an activating group) is 1. The van der Waals surface area contributed by atoms with E-state index in [1.165, 1.54) is 4.88 Å². The van der Waals surface area contributed by atoms with Crippen LogP contribution in [0.2, 0.25) is 0 Å². The Morgan fingerprint density at radius 2 is 2.18 bits per heavy atom. The molecule has 1 atom stereocenters. The zero-order valence-corrected chi connectivity index (χ0v) is 11.8. The van der Waals surface area contributed by atoms with Crippen LogP contribution in [0.15, 0.2) is 17.5 Å². The van der Waals surface area contributed by atoms with Crippen LogP contribution < -0.4 is 0 Å². The minimum absolute atomic E-state index is 0.0442. The Hall–Kier alpha value is -0.870. The van der Waals surface area contributed by atoms with Gasteiger partial charge >= 0.3 is 0 Å². The summed E-state index contributed by atoms with van der Waals surface area (Å²) in [4.78, 5) is 14.9. The van der Waals surface area contributed by atoms with Crippen LogP contribution in [0.3, 0.4) is 0 Å². The lowest BCUT2D eigenvalue weighted by atomic mass is 10.2. The molecule has 0 saturated carbocycles. The number of carbonyl (C=O) groups excluding carboxylic acids is 1. The summed E-state index contributed by atoms with van der Waals surface area (Å²) in [5, 5.41) is 2.06. The highest BCUT2D eigenvalue weighted by atomic mass is 32.1. The normalized spacial score (nSPS) is 12.8. The van der Waals surface area contributed by atoms with E-state index >= 15 is 0 Å². The summed E-state index contributed by atoms with van der Waals surface area (Å²) in [5.41, 5.74) is 0. The maximum absolute atomic E-state index is 11.8. The highest BCUT2D eigenvalue weighted by molar-refractivity contribution is 7.09. The Kier molecular flexibility index (Phi) is 5.65. The summed E-state index contributed by atoms with van der Waals surface area (Å²) >= 11 is 1.73. The van der Waals surface area contributed by atoms with E-state index in [1.807, 2.05) is 27.0 Å². The standard InChI is InChI=1S/C13H21NO2S/c1-10(2)16-9-13(15)14(4)11(3)8-12-6-5-7-17-12/h5-7,10-11H,8-9H2,1-4H3. The maximum atomic E-state index is 11.8. The second-order valence-corrected chi connectivity index (χ2v) is 5.53. The van der Waals surface area contributed by atoms with Gasteiger partial charge in [-0.2, -0.15) is 0 Å². The van der Waals surface area contributed by atoms with Gasteiger partial charge in [-0.3, -0.25) is 4.79 Å². The highest BCUT2D eigenvalue weighted by Gasteiger charge is 2.16. The molecular weight excluding hydrogens is 234 g/mol. The van der Waals surface area contributed by atoms with Crippen molar-refractivity contribution in [1.29, 1.82) is 0 Å². The lowest BCUT2D eigenvalue weighted by Gasteiger charge is -2.25. The predicted molar refractivity (Wildman–Crippen MR) is 71.3 cm³/mol. The van der Waals surface area contributed by atoms with Gasteiger partial charge in [0.2, 0.25) is 5.91 Å². The Morgan fingerprint density at radius 3 is 2.71 bits per heavy atom. The summed E-state index contributed by atoms with van der Waals surface area (Å²) in [7, 11) is 1.84. The quantitative estimate of drug-likeness (QED) is 0.782. The van der Waals surface area contributed by atoms with Gasteiger partial charge in [0, 0.05) is 24.4 Å². The smallest absolute Gasteiger partial charge is 0.248 e. The average molecular weight is 255 g/mol. The number of ether oxygens (including phenoxy) is 1. The van der Waals surface area contributed by atoms with Crippen LogP contribution in [-0.2, 0) is 16.0 Å². The van der Waals surface area contributed by atoms with Gasteiger partial charge in [-0.25, -0.2) is 0 Å². The van der Waals surface area contributed by atoms with E-state index in [0.717, 1.165) is 6.42 Å². The van der Waals surface area contributed by atoms with Gasteiger partial charge in [-0.05, 0) is 32.2 Å². The van der Waals surface area contributed by atoms with Crippen molar-refractivity contribution in [3.05, 3.63) is 22.4 Å². The van der Waals surface area contributed by atoms with Crippen LogP contribution in [0.4, 0.5) is 0 Å². The van der Waals surface area contributed by atoms with Crippen LogP contribution in [-0.4, -0.2) is 36.6 Å². The highest BCUT2D eigenvalue weighted by Crippen LogP contribution is 2.13. The Balaban J connectivity index is 2.40. The molecule has 1 unspecified atom stereocenters.